The summed E-state index contributed by atoms with van der Waals surface area (Å²) in [6.07, 6.45) is 11.9. The molecule has 2 aromatic carbocycles. The Labute approximate surface area is 230 Å². The van der Waals surface area contributed by atoms with Crippen LogP contribution in [0, 0.1) is 0 Å². The van der Waals surface area contributed by atoms with Gasteiger partial charge in [0.25, 0.3) is 0 Å². The summed E-state index contributed by atoms with van der Waals surface area (Å²) in [4.78, 5) is 6.21. The molecule has 0 spiro atoms. The third kappa shape index (κ3) is 7.74. The van der Waals surface area contributed by atoms with Gasteiger partial charge in [0.15, 0.2) is 0 Å². The second-order valence-corrected chi connectivity index (χ2v) is 12.6. The molecule has 0 amide bonds. The Balaban J connectivity index is 2.66. The van der Waals surface area contributed by atoms with Gasteiger partial charge in [-0.1, -0.05) is 80.0 Å². The number of aryl methyl sites for hydroxylation is 2. The first-order valence-corrected chi connectivity index (χ1v) is 17.1. The molecule has 35 heavy (non-hydrogen) atoms. The van der Waals surface area contributed by atoms with Crippen LogP contribution in [-0.4, -0.2) is 11.5 Å². The van der Waals surface area contributed by atoms with Crippen molar-refractivity contribution in [3.63, 3.8) is 0 Å². The minimum absolute atomic E-state index is 1.11. The van der Waals surface area contributed by atoms with Gasteiger partial charge in [0, 0.05) is 19.6 Å². The second-order valence-electron chi connectivity index (χ2n) is 9.27. The van der Waals surface area contributed by atoms with E-state index in [2.05, 4.69) is 103 Å². The van der Waals surface area contributed by atoms with E-state index in [0.29, 0.717) is 0 Å². The van der Waals surface area contributed by atoms with E-state index in [4.69, 9.17) is 0 Å². The van der Waals surface area contributed by atoms with Gasteiger partial charge in [-0.2, -0.15) is 0 Å². The molecule has 0 unspecified atom stereocenters. The first kappa shape index (κ1) is 30.7. The fourth-order valence-corrected chi connectivity index (χ4v) is 9.19. The molecular weight excluding hydrogens is 481 g/mol. The van der Waals surface area contributed by atoms with E-state index in [0.717, 1.165) is 38.5 Å². The molecule has 0 atom stereocenters. The summed E-state index contributed by atoms with van der Waals surface area (Å²) in [5.74, 6) is 2.47. The van der Waals surface area contributed by atoms with Crippen LogP contribution in [0.15, 0.2) is 31.7 Å². The van der Waals surface area contributed by atoms with Crippen molar-refractivity contribution in [1.82, 2.24) is 0 Å². The first-order chi connectivity index (χ1) is 17.0. The number of rotatable bonds is 16. The Bertz CT molecular complexity index is 854. The maximum absolute atomic E-state index is 2.55. The zero-order chi connectivity index (χ0) is 25.8. The molecule has 0 fully saturated rings. The van der Waals surface area contributed by atoms with Crippen molar-refractivity contribution in [1.29, 1.82) is 0 Å². The highest BCUT2D eigenvalue weighted by molar-refractivity contribution is 8.00. The first-order valence-electron chi connectivity index (χ1n) is 14.3. The molecule has 3 heteroatoms. The Morgan fingerprint density at radius 3 is 1.14 bits per heavy atom. The summed E-state index contributed by atoms with van der Waals surface area (Å²) >= 11 is 6.29. The van der Waals surface area contributed by atoms with Crippen molar-refractivity contribution in [3.8, 4) is 0 Å². The molecule has 2 rings (SSSR count). The molecule has 0 aliphatic carbocycles. The van der Waals surface area contributed by atoms with Gasteiger partial charge < -0.3 is 0 Å². The lowest BCUT2D eigenvalue weighted by Crippen LogP contribution is -2.05. The second kappa shape index (κ2) is 16.4. The maximum atomic E-state index is 2.55. The predicted molar refractivity (Wildman–Crippen MR) is 165 cm³/mol. The summed E-state index contributed by atoms with van der Waals surface area (Å²) in [7, 11) is 0. The van der Waals surface area contributed by atoms with Gasteiger partial charge in [0.05, 0.1) is 0 Å². The molecule has 0 radical (unpaired) electrons. The Hall–Kier alpha value is -0.510. The lowest BCUT2D eigenvalue weighted by Gasteiger charge is -2.24. The smallest absolute Gasteiger partial charge is 0.0189 e. The Kier molecular flexibility index (Phi) is 14.4. The van der Waals surface area contributed by atoms with Gasteiger partial charge in [0.1, 0.15) is 0 Å². The number of hydrogen-bond acceptors (Lipinski definition) is 3. The quantitative estimate of drug-likeness (QED) is 0.156. The number of benzene rings is 2. The highest BCUT2D eigenvalue weighted by Crippen LogP contribution is 2.45. The minimum Gasteiger partial charge on any atom is -0.126 e. The van der Waals surface area contributed by atoms with Gasteiger partial charge in [-0.25, -0.2) is 0 Å². The summed E-state index contributed by atoms with van der Waals surface area (Å²) in [5.41, 5.74) is 9.52. The van der Waals surface area contributed by atoms with Crippen molar-refractivity contribution >= 4 is 35.3 Å². The normalized spacial score (nSPS) is 11.4. The molecule has 0 aromatic heterocycles. The lowest BCUT2D eigenvalue weighted by atomic mass is 9.98. The number of unbranched alkanes of at least 4 members (excludes halogenated alkanes) is 2. The molecule has 0 nitrogen and oxygen atoms in total. The van der Waals surface area contributed by atoms with E-state index >= 15 is 0 Å². The predicted octanol–water partition coefficient (Wildman–Crippen LogP) is 11.0. The Morgan fingerprint density at radius 2 is 0.857 bits per heavy atom. The molecule has 0 bridgehead atoms. The summed E-state index contributed by atoms with van der Waals surface area (Å²) < 4.78 is 0. The van der Waals surface area contributed by atoms with Gasteiger partial charge in [-0.3, -0.25) is 0 Å². The van der Waals surface area contributed by atoms with Gasteiger partial charge in [-0.05, 0) is 108 Å². The molecule has 0 N–H and O–H groups in total. The van der Waals surface area contributed by atoms with Crippen LogP contribution < -0.4 is 0 Å². The van der Waals surface area contributed by atoms with E-state index in [1.807, 2.05) is 0 Å². The van der Waals surface area contributed by atoms with Crippen LogP contribution in [0.1, 0.15) is 114 Å². The molecular formula is C32H50S3. The summed E-state index contributed by atoms with van der Waals surface area (Å²) in [5, 5.41) is 0. The van der Waals surface area contributed by atoms with Crippen molar-refractivity contribution in [2.45, 2.75) is 139 Å². The third-order valence-corrected chi connectivity index (χ3v) is 10.7. The van der Waals surface area contributed by atoms with Crippen molar-refractivity contribution in [3.05, 3.63) is 45.5 Å². The molecule has 2 aromatic rings. The SMILES string of the molecule is CCCCSc1cc(CC)c(Sc2c(CC)cc(SCCCC)c(CC)c2CC)c(CC)c1CC. The average Bonchev–Trinajstić information content (AvgIpc) is 2.88. The fraction of sp³-hybridized carbons (Fsp3) is 0.625. The van der Waals surface area contributed by atoms with Crippen LogP contribution in [0.5, 0.6) is 0 Å². The standard InChI is InChI=1S/C32H50S3/c1-9-17-19-33-29-21-23(11-3)31(27(15-7)25(29)13-5)35-32-24(12-4)22-30(34-20-18-10-2)26(14-6)28(32)16-8/h21-22H,9-20H2,1-8H3. The van der Waals surface area contributed by atoms with E-state index in [1.165, 1.54) is 37.2 Å². The molecule has 0 saturated carbocycles. The highest BCUT2D eigenvalue weighted by atomic mass is 32.2. The minimum atomic E-state index is 1.11. The lowest BCUT2D eigenvalue weighted by molar-refractivity contribution is 0.888. The van der Waals surface area contributed by atoms with E-state index in [-0.39, 0.29) is 0 Å². The van der Waals surface area contributed by atoms with Crippen LogP contribution in [-0.2, 0) is 38.5 Å². The summed E-state index contributed by atoms with van der Waals surface area (Å²) in [6, 6.07) is 5.10. The highest BCUT2D eigenvalue weighted by Gasteiger charge is 2.21. The van der Waals surface area contributed by atoms with Gasteiger partial charge in [0.2, 0.25) is 0 Å². The topological polar surface area (TPSA) is 0 Å². The molecule has 0 saturated heterocycles. The average molecular weight is 531 g/mol. The van der Waals surface area contributed by atoms with Crippen LogP contribution in [0.4, 0.5) is 0 Å². The van der Waals surface area contributed by atoms with Crippen molar-refractivity contribution < 1.29 is 0 Å². The maximum Gasteiger partial charge on any atom is 0.0189 e. The van der Waals surface area contributed by atoms with Crippen molar-refractivity contribution in [2.24, 2.45) is 0 Å². The van der Waals surface area contributed by atoms with Crippen molar-refractivity contribution in [2.75, 3.05) is 11.5 Å². The monoisotopic (exact) mass is 530 g/mol. The van der Waals surface area contributed by atoms with Crippen LogP contribution in [0.2, 0.25) is 0 Å². The Morgan fingerprint density at radius 1 is 0.486 bits per heavy atom. The third-order valence-electron chi connectivity index (χ3n) is 6.96. The molecule has 196 valence electrons. The fourth-order valence-electron chi connectivity index (χ4n) is 4.90. The van der Waals surface area contributed by atoms with Crippen LogP contribution in [0.3, 0.4) is 0 Å². The number of hydrogen-bond donors (Lipinski definition) is 0. The van der Waals surface area contributed by atoms with Gasteiger partial charge in [-0.15, -0.1) is 23.5 Å². The number of thioether (sulfide) groups is 2. The molecule has 0 aliphatic rings. The van der Waals surface area contributed by atoms with Gasteiger partial charge >= 0.3 is 0 Å². The molecule has 0 heterocycles. The molecule has 0 aliphatic heterocycles. The summed E-state index contributed by atoms with van der Waals surface area (Å²) in [6.45, 7) is 18.7. The largest absolute Gasteiger partial charge is 0.126 e. The van der Waals surface area contributed by atoms with E-state index < -0.39 is 0 Å². The zero-order valence-corrected chi connectivity index (χ0v) is 26.3. The van der Waals surface area contributed by atoms with Crippen LogP contribution >= 0.6 is 35.3 Å². The van der Waals surface area contributed by atoms with Crippen LogP contribution in [0.25, 0.3) is 0 Å². The van der Waals surface area contributed by atoms with E-state index in [9.17, 15) is 0 Å². The zero-order valence-electron chi connectivity index (χ0n) is 23.9. The van der Waals surface area contributed by atoms with E-state index in [1.54, 1.807) is 53.0 Å².